The zero-order valence-corrected chi connectivity index (χ0v) is 12.1. The predicted octanol–water partition coefficient (Wildman–Crippen LogP) is 2.30. The van der Waals surface area contributed by atoms with E-state index in [4.69, 9.17) is 4.74 Å². The summed E-state index contributed by atoms with van der Waals surface area (Å²) in [7, 11) is 0. The molecule has 1 aliphatic rings. The monoisotopic (exact) mass is 266 g/mol. The van der Waals surface area contributed by atoms with Crippen LogP contribution in [0.5, 0.6) is 0 Å². The highest BCUT2D eigenvalue weighted by Gasteiger charge is 2.20. The molecule has 0 aromatic carbocycles. The second-order valence-corrected chi connectivity index (χ2v) is 5.20. The van der Waals surface area contributed by atoms with Crippen LogP contribution in [0.15, 0.2) is 6.20 Å². The Labute approximate surface area is 115 Å². The number of ether oxygens (including phenoxy) is 1. The van der Waals surface area contributed by atoms with Gasteiger partial charge in [-0.2, -0.15) is 0 Å². The Bertz CT molecular complexity index is 360. The summed E-state index contributed by atoms with van der Waals surface area (Å²) >= 11 is 0. The molecule has 0 amide bonds. The number of nitrogens with one attached hydrogen (secondary N) is 1. The van der Waals surface area contributed by atoms with E-state index in [1.165, 1.54) is 18.5 Å². The van der Waals surface area contributed by atoms with Crippen LogP contribution >= 0.6 is 0 Å². The van der Waals surface area contributed by atoms with Gasteiger partial charge in [0.25, 0.3) is 0 Å². The molecule has 1 aromatic heterocycles. The van der Waals surface area contributed by atoms with E-state index in [-0.39, 0.29) is 0 Å². The minimum atomic E-state index is 0.343. The van der Waals surface area contributed by atoms with Gasteiger partial charge in [-0.3, -0.25) is 0 Å². The Balaban J connectivity index is 1.95. The molecule has 0 bridgehead atoms. The van der Waals surface area contributed by atoms with E-state index < -0.39 is 0 Å². The fourth-order valence-corrected chi connectivity index (χ4v) is 2.75. The van der Waals surface area contributed by atoms with Crippen LogP contribution in [0.4, 0.5) is 0 Å². The van der Waals surface area contributed by atoms with E-state index in [1.807, 2.05) is 10.9 Å². The molecule has 5 nitrogen and oxygen atoms in total. The van der Waals surface area contributed by atoms with Gasteiger partial charge in [0.15, 0.2) is 0 Å². The number of rotatable bonds is 8. The van der Waals surface area contributed by atoms with Crippen LogP contribution in [0.3, 0.4) is 0 Å². The average Bonchev–Trinajstić information content (AvgIpc) is 3.06. The fourth-order valence-electron chi connectivity index (χ4n) is 2.75. The summed E-state index contributed by atoms with van der Waals surface area (Å²) in [6.45, 7) is 7.16. The van der Waals surface area contributed by atoms with Crippen LogP contribution in [-0.2, 0) is 11.3 Å². The van der Waals surface area contributed by atoms with Crippen molar-refractivity contribution in [1.29, 1.82) is 0 Å². The molecule has 0 aliphatic carbocycles. The van der Waals surface area contributed by atoms with Crippen molar-refractivity contribution in [3.05, 3.63) is 11.9 Å². The molecule has 0 saturated carbocycles. The van der Waals surface area contributed by atoms with E-state index in [9.17, 15) is 0 Å². The Kier molecular flexibility index (Phi) is 5.79. The number of hydrogen-bond acceptors (Lipinski definition) is 4. The minimum Gasteiger partial charge on any atom is -0.378 e. The minimum absolute atomic E-state index is 0.343. The van der Waals surface area contributed by atoms with Crippen molar-refractivity contribution in [1.82, 2.24) is 20.3 Å². The lowest BCUT2D eigenvalue weighted by Crippen LogP contribution is -2.25. The van der Waals surface area contributed by atoms with E-state index in [1.54, 1.807) is 0 Å². The van der Waals surface area contributed by atoms with Gasteiger partial charge in [0.05, 0.1) is 24.0 Å². The van der Waals surface area contributed by atoms with Crippen molar-refractivity contribution in [2.24, 2.45) is 0 Å². The first-order chi connectivity index (χ1) is 9.35. The van der Waals surface area contributed by atoms with E-state index >= 15 is 0 Å². The van der Waals surface area contributed by atoms with Gasteiger partial charge in [0, 0.05) is 13.2 Å². The summed E-state index contributed by atoms with van der Waals surface area (Å²) in [6.07, 6.45) is 8.08. The lowest BCUT2D eigenvalue weighted by Gasteiger charge is -2.20. The SMILES string of the molecule is CCCn1nncc1C(CCC1CCCO1)NCC. The number of nitrogens with zero attached hydrogens (tertiary/aromatic N) is 3. The summed E-state index contributed by atoms with van der Waals surface area (Å²) in [4.78, 5) is 0. The zero-order valence-electron chi connectivity index (χ0n) is 12.1. The molecule has 1 saturated heterocycles. The molecule has 2 rings (SSSR count). The second kappa shape index (κ2) is 7.60. The van der Waals surface area contributed by atoms with Gasteiger partial charge in [-0.25, -0.2) is 4.68 Å². The van der Waals surface area contributed by atoms with Gasteiger partial charge >= 0.3 is 0 Å². The van der Waals surface area contributed by atoms with E-state index in [2.05, 4.69) is 29.5 Å². The number of aryl methyl sites for hydroxylation is 1. The van der Waals surface area contributed by atoms with Crippen molar-refractivity contribution in [2.45, 2.75) is 64.6 Å². The van der Waals surface area contributed by atoms with Gasteiger partial charge in [-0.05, 0) is 38.6 Å². The third-order valence-electron chi connectivity index (χ3n) is 3.69. The molecule has 2 heterocycles. The summed E-state index contributed by atoms with van der Waals surface area (Å²) in [5.74, 6) is 0. The first kappa shape index (κ1) is 14.5. The second-order valence-electron chi connectivity index (χ2n) is 5.20. The van der Waals surface area contributed by atoms with Gasteiger partial charge in [0.2, 0.25) is 0 Å². The average molecular weight is 266 g/mol. The van der Waals surface area contributed by atoms with Crippen LogP contribution in [0.25, 0.3) is 0 Å². The normalized spacial score (nSPS) is 20.8. The molecule has 1 fully saturated rings. The molecule has 1 N–H and O–H groups in total. The van der Waals surface area contributed by atoms with Gasteiger partial charge in [0.1, 0.15) is 0 Å². The summed E-state index contributed by atoms with van der Waals surface area (Å²) in [5.41, 5.74) is 1.21. The molecule has 108 valence electrons. The largest absolute Gasteiger partial charge is 0.378 e. The maximum Gasteiger partial charge on any atom is 0.0756 e. The maximum absolute atomic E-state index is 5.71. The smallest absolute Gasteiger partial charge is 0.0756 e. The summed E-state index contributed by atoms with van der Waals surface area (Å²) < 4.78 is 7.74. The molecule has 0 radical (unpaired) electrons. The fraction of sp³-hybridized carbons (Fsp3) is 0.857. The molecule has 19 heavy (non-hydrogen) atoms. The quantitative estimate of drug-likeness (QED) is 0.784. The molecule has 0 spiro atoms. The van der Waals surface area contributed by atoms with Gasteiger partial charge < -0.3 is 10.1 Å². The molecule has 2 unspecified atom stereocenters. The summed E-state index contributed by atoms with van der Waals surface area (Å²) in [5, 5.41) is 11.8. The number of hydrogen-bond donors (Lipinski definition) is 1. The Hall–Kier alpha value is -0.940. The molecular weight excluding hydrogens is 240 g/mol. The lowest BCUT2D eigenvalue weighted by molar-refractivity contribution is 0.0993. The van der Waals surface area contributed by atoms with Gasteiger partial charge in [-0.1, -0.05) is 19.1 Å². The molecule has 2 atom stereocenters. The van der Waals surface area contributed by atoms with E-state index in [0.717, 1.165) is 39.0 Å². The molecule has 5 heteroatoms. The third kappa shape index (κ3) is 4.01. The predicted molar refractivity (Wildman–Crippen MR) is 74.9 cm³/mol. The third-order valence-corrected chi connectivity index (χ3v) is 3.69. The van der Waals surface area contributed by atoms with Crippen LogP contribution in [0.2, 0.25) is 0 Å². The van der Waals surface area contributed by atoms with Crippen LogP contribution in [0, 0.1) is 0 Å². The lowest BCUT2D eigenvalue weighted by atomic mass is 10.0. The summed E-state index contributed by atoms with van der Waals surface area (Å²) in [6, 6.07) is 0.343. The maximum atomic E-state index is 5.71. The van der Waals surface area contributed by atoms with E-state index in [0.29, 0.717) is 12.1 Å². The number of aromatic nitrogens is 3. The Morgan fingerprint density at radius 2 is 2.42 bits per heavy atom. The standard InChI is InChI=1S/C14H26N4O/c1-3-9-18-14(11-16-17-18)13(15-4-2)8-7-12-6-5-10-19-12/h11-13,15H,3-10H2,1-2H3. The first-order valence-corrected chi connectivity index (χ1v) is 7.58. The van der Waals surface area contributed by atoms with Crippen molar-refractivity contribution in [2.75, 3.05) is 13.2 Å². The highest BCUT2D eigenvalue weighted by molar-refractivity contribution is 5.02. The van der Waals surface area contributed by atoms with Crippen LogP contribution in [0.1, 0.15) is 57.7 Å². The Morgan fingerprint density at radius 3 is 3.11 bits per heavy atom. The van der Waals surface area contributed by atoms with Crippen molar-refractivity contribution >= 4 is 0 Å². The molecule has 1 aliphatic heterocycles. The van der Waals surface area contributed by atoms with Gasteiger partial charge in [-0.15, -0.1) is 5.10 Å². The topological polar surface area (TPSA) is 52.0 Å². The zero-order chi connectivity index (χ0) is 13.5. The highest BCUT2D eigenvalue weighted by Crippen LogP contribution is 2.23. The highest BCUT2D eigenvalue weighted by atomic mass is 16.5. The van der Waals surface area contributed by atoms with Crippen molar-refractivity contribution < 1.29 is 4.74 Å². The van der Waals surface area contributed by atoms with Crippen molar-refractivity contribution in [3.63, 3.8) is 0 Å². The van der Waals surface area contributed by atoms with Crippen LogP contribution < -0.4 is 5.32 Å². The Morgan fingerprint density at radius 1 is 1.53 bits per heavy atom. The van der Waals surface area contributed by atoms with Crippen molar-refractivity contribution in [3.8, 4) is 0 Å². The van der Waals surface area contributed by atoms with Crippen LogP contribution in [-0.4, -0.2) is 34.2 Å². The first-order valence-electron chi connectivity index (χ1n) is 7.58. The molecular formula is C14H26N4O. The molecule has 1 aromatic rings.